The summed E-state index contributed by atoms with van der Waals surface area (Å²) in [6, 6.07) is -0.637. The Balaban J connectivity index is 3.46. The summed E-state index contributed by atoms with van der Waals surface area (Å²) in [7, 11) is 0. The number of amides is 1. The summed E-state index contributed by atoms with van der Waals surface area (Å²) >= 11 is 0. The van der Waals surface area contributed by atoms with Crippen molar-refractivity contribution in [3.63, 3.8) is 0 Å². The minimum Gasteiger partial charge on any atom is -0.466 e. The van der Waals surface area contributed by atoms with Crippen LogP contribution in [0.4, 0.5) is 0 Å². The van der Waals surface area contributed by atoms with Gasteiger partial charge in [-0.15, -0.1) is 0 Å². The molecule has 0 aliphatic heterocycles. The Morgan fingerprint density at radius 2 is 0.839 bits per heavy atom. The zero-order valence-electron chi connectivity index (χ0n) is 37.4. The first kappa shape index (κ1) is 54.3. The number of rotatable bonds is 45. The van der Waals surface area contributed by atoms with Gasteiger partial charge in [-0.25, -0.2) is 0 Å². The molecule has 0 radical (unpaired) electrons. The van der Waals surface area contributed by atoms with E-state index in [1.165, 1.54) is 173 Å². The van der Waals surface area contributed by atoms with Gasteiger partial charge in [0.2, 0.25) is 5.91 Å². The van der Waals surface area contributed by atoms with Crippen molar-refractivity contribution in [2.24, 2.45) is 0 Å². The monoisotopic (exact) mass is 790 g/mol. The fraction of sp³-hybridized carbons (Fsp3) is 0.880. The highest BCUT2D eigenvalue weighted by molar-refractivity contribution is 5.76. The molecule has 6 heteroatoms. The summed E-state index contributed by atoms with van der Waals surface area (Å²) < 4.78 is 5.46. The number of hydrogen-bond acceptors (Lipinski definition) is 5. The summed E-state index contributed by atoms with van der Waals surface area (Å²) in [6.07, 6.45) is 53.1. The molecule has 0 aromatic heterocycles. The van der Waals surface area contributed by atoms with Crippen molar-refractivity contribution in [2.45, 2.75) is 270 Å². The van der Waals surface area contributed by atoms with E-state index in [-0.39, 0.29) is 18.5 Å². The minimum atomic E-state index is -0.852. The predicted molar refractivity (Wildman–Crippen MR) is 241 cm³/mol. The molecule has 56 heavy (non-hydrogen) atoms. The molecule has 0 saturated carbocycles. The zero-order chi connectivity index (χ0) is 40.8. The zero-order valence-corrected chi connectivity index (χ0v) is 37.4. The number of nitrogens with one attached hydrogen (secondary N) is 1. The molecule has 0 fully saturated rings. The van der Waals surface area contributed by atoms with Gasteiger partial charge in [-0.1, -0.05) is 212 Å². The summed E-state index contributed by atoms with van der Waals surface area (Å²) in [6.45, 7) is 4.84. The Kier molecular flexibility index (Phi) is 44.7. The van der Waals surface area contributed by atoms with E-state index in [0.717, 1.165) is 57.8 Å². The number of carbonyl (C=O) groups excluding carboxylic acids is 2. The fourth-order valence-electron chi connectivity index (χ4n) is 7.39. The Morgan fingerprint density at radius 1 is 0.482 bits per heavy atom. The number of unbranched alkanes of at least 4 members (excludes halogenated alkanes) is 32. The van der Waals surface area contributed by atoms with E-state index in [1.807, 2.05) is 6.08 Å². The average Bonchev–Trinajstić information content (AvgIpc) is 3.20. The molecule has 3 N–H and O–H groups in total. The van der Waals surface area contributed by atoms with Crippen LogP contribution in [-0.4, -0.2) is 47.4 Å². The van der Waals surface area contributed by atoms with Crippen molar-refractivity contribution in [1.29, 1.82) is 0 Å². The Bertz CT molecular complexity index is 874. The van der Waals surface area contributed by atoms with Crippen molar-refractivity contribution in [3.05, 3.63) is 24.3 Å². The van der Waals surface area contributed by atoms with E-state index in [1.54, 1.807) is 6.08 Å². The van der Waals surface area contributed by atoms with Crippen LogP contribution in [0.25, 0.3) is 0 Å². The smallest absolute Gasteiger partial charge is 0.305 e. The molecule has 0 bridgehead atoms. The van der Waals surface area contributed by atoms with Gasteiger partial charge in [-0.05, 0) is 57.8 Å². The van der Waals surface area contributed by atoms with Crippen LogP contribution in [0.1, 0.15) is 258 Å². The molecule has 6 nitrogen and oxygen atoms in total. The lowest BCUT2D eigenvalue weighted by Crippen LogP contribution is -2.45. The molecular formula is C50H95NO5. The maximum absolute atomic E-state index is 12.4. The van der Waals surface area contributed by atoms with Crippen molar-refractivity contribution in [1.82, 2.24) is 5.32 Å². The first-order chi connectivity index (χ1) is 27.5. The van der Waals surface area contributed by atoms with Crippen molar-refractivity contribution >= 4 is 11.9 Å². The van der Waals surface area contributed by atoms with Crippen LogP contribution in [0.5, 0.6) is 0 Å². The SMILES string of the molecule is CCCCCCCC/C=C\CCCCCCCCCC(=O)OCCCCCCCCCCCCCCC(=O)NC(CO)C(O)/C=C/CCCCCCCCCC. The first-order valence-electron chi connectivity index (χ1n) is 24.6. The number of carbonyl (C=O) groups is 2. The van der Waals surface area contributed by atoms with Crippen LogP contribution < -0.4 is 5.32 Å². The second kappa shape index (κ2) is 46.0. The van der Waals surface area contributed by atoms with Gasteiger partial charge in [-0.2, -0.15) is 0 Å². The molecular weight excluding hydrogens is 695 g/mol. The summed E-state index contributed by atoms with van der Waals surface area (Å²) in [5, 5.41) is 22.9. The molecule has 0 saturated heterocycles. The van der Waals surface area contributed by atoms with Crippen LogP contribution in [0.15, 0.2) is 24.3 Å². The van der Waals surface area contributed by atoms with Crippen LogP contribution in [0, 0.1) is 0 Å². The lowest BCUT2D eigenvalue weighted by molar-refractivity contribution is -0.143. The largest absolute Gasteiger partial charge is 0.466 e. The third-order valence-electron chi connectivity index (χ3n) is 11.2. The second-order valence-electron chi connectivity index (χ2n) is 16.8. The van der Waals surface area contributed by atoms with Gasteiger partial charge in [0.05, 0.1) is 25.4 Å². The van der Waals surface area contributed by atoms with Crippen molar-refractivity contribution < 1.29 is 24.5 Å². The Morgan fingerprint density at radius 3 is 1.27 bits per heavy atom. The van der Waals surface area contributed by atoms with E-state index in [9.17, 15) is 19.8 Å². The lowest BCUT2D eigenvalue weighted by Gasteiger charge is -2.20. The highest BCUT2D eigenvalue weighted by atomic mass is 16.5. The van der Waals surface area contributed by atoms with Crippen LogP contribution >= 0.6 is 0 Å². The number of ether oxygens (including phenoxy) is 1. The number of aliphatic hydroxyl groups is 2. The Labute approximate surface area is 348 Å². The van der Waals surface area contributed by atoms with E-state index in [4.69, 9.17) is 4.74 Å². The summed E-state index contributed by atoms with van der Waals surface area (Å²) in [5.74, 6) is -0.101. The average molecular weight is 790 g/mol. The van der Waals surface area contributed by atoms with Gasteiger partial charge < -0.3 is 20.3 Å². The van der Waals surface area contributed by atoms with Gasteiger partial charge in [0, 0.05) is 12.8 Å². The maximum atomic E-state index is 12.4. The molecule has 2 unspecified atom stereocenters. The van der Waals surface area contributed by atoms with Gasteiger partial charge in [0.15, 0.2) is 0 Å². The summed E-state index contributed by atoms with van der Waals surface area (Å²) in [5.41, 5.74) is 0. The Hall–Kier alpha value is -1.66. The molecule has 2 atom stereocenters. The third kappa shape index (κ3) is 42.0. The lowest BCUT2D eigenvalue weighted by atomic mass is 10.0. The quantitative estimate of drug-likeness (QED) is 0.0324. The van der Waals surface area contributed by atoms with E-state index >= 15 is 0 Å². The normalized spacial score (nSPS) is 12.9. The molecule has 0 aromatic rings. The molecule has 0 aliphatic carbocycles. The number of allylic oxidation sites excluding steroid dienone is 3. The van der Waals surface area contributed by atoms with E-state index < -0.39 is 12.1 Å². The molecule has 1 amide bonds. The van der Waals surface area contributed by atoms with Crippen LogP contribution in [0.3, 0.4) is 0 Å². The molecule has 0 spiro atoms. The number of hydrogen-bond donors (Lipinski definition) is 3. The molecule has 0 aliphatic rings. The number of aliphatic hydroxyl groups excluding tert-OH is 2. The van der Waals surface area contributed by atoms with Gasteiger partial charge in [0.25, 0.3) is 0 Å². The highest BCUT2D eigenvalue weighted by Crippen LogP contribution is 2.15. The van der Waals surface area contributed by atoms with Crippen molar-refractivity contribution in [2.75, 3.05) is 13.2 Å². The predicted octanol–water partition coefficient (Wildman–Crippen LogP) is 14.3. The molecule has 330 valence electrons. The van der Waals surface area contributed by atoms with Crippen LogP contribution in [0.2, 0.25) is 0 Å². The molecule has 0 rings (SSSR count). The van der Waals surface area contributed by atoms with Gasteiger partial charge in [-0.3, -0.25) is 9.59 Å². The topological polar surface area (TPSA) is 95.9 Å². The first-order valence-corrected chi connectivity index (χ1v) is 24.6. The molecule has 0 aromatic carbocycles. The molecule has 0 heterocycles. The maximum Gasteiger partial charge on any atom is 0.305 e. The summed E-state index contributed by atoms with van der Waals surface area (Å²) in [4.78, 5) is 24.4. The van der Waals surface area contributed by atoms with E-state index in [0.29, 0.717) is 19.4 Å². The fourth-order valence-corrected chi connectivity index (χ4v) is 7.39. The van der Waals surface area contributed by atoms with Gasteiger partial charge in [0.1, 0.15) is 0 Å². The third-order valence-corrected chi connectivity index (χ3v) is 11.2. The minimum absolute atomic E-state index is 0.0149. The van der Waals surface area contributed by atoms with Crippen LogP contribution in [-0.2, 0) is 14.3 Å². The number of esters is 1. The van der Waals surface area contributed by atoms with Crippen molar-refractivity contribution in [3.8, 4) is 0 Å². The second-order valence-corrected chi connectivity index (χ2v) is 16.8. The standard InChI is InChI=1S/C50H95NO5/c1-3-5-7-9-11-13-15-16-17-18-19-20-24-28-32-36-40-44-50(55)56-45-41-37-33-29-25-22-21-23-27-31-35-39-43-49(54)51-47(46-52)48(53)42-38-34-30-26-14-12-10-8-6-4-2/h16-17,38,42,47-48,52-53H,3-15,18-37,39-41,43-46H2,1-2H3,(H,51,54)/b17-16-,42-38+. The van der Waals surface area contributed by atoms with E-state index in [2.05, 4.69) is 31.3 Å². The highest BCUT2D eigenvalue weighted by Gasteiger charge is 2.18. The van der Waals surface area contributed by atoms with Gasteiger partial charge >= 0.3 is 5.97 Å².